The summed E-state index contributed by atoms with van der Waals surface area (Å²) in [6.45, 7) is 10.7. The van der Waals surface area contributed by atoms with E-state index in [9.17, 15) is 0 Å². The van der Waals surface area contributed by atoms with Gasteiger partial charge in [0.05, 0.1) is 6.61 Å². The number of nitrogens with one attached hydrogen (secondary N) is 2. The number of phenols is 1. The van der Waals surface area contributed by atoms with E-state index in [1.54, 1.807) is 24.3 Å². The third-order valence-electron chi connectivity index (χ3n) is 3.80. The van der Waals surface area contributed by atoms with Gasteiger partial charge in [0, 0.05) is 39.3 Å². The second-order valence-corrected chi connectivity index (χ2v) is 6.44. The summed E-state index contributed by atoms with van der Waals surface area (Å²) in [6, 6.07) is 16.7. The molecular weight excluding hydrogens is 396 g/mol. The summed E-state index contributed by atoms with van der Waals surface area (Å²) in [5, 5.41) is 15.0. The van der Waals surface area contributed by atoms with Crippen LogP contribution in [-0.2, 0) is 9.53 Å². The molecule has 0 amide bonds. The highest BCUT2D eigenvalue weighted by atomic mass is 16.6. The predicted molar refractivity (Wildman–Crippen MR) is 125 cm³/mol. The molecule has 8 heteroatoms. The average Bonchev–Trinajstić information content (AvgIpc) is 3.63. The van der Waals surface area contributed by atoms with Gasteiger partial charge in [0.25, 0.3) is 0 Å². The van der Waals surface area contributed by atoms with Crippen molar-refractivity contribution in [3.63, 3.8) is 0 Å². The van der Waals surface area contributed by atoms with Gasteiger partial charge in [-0.15, -0.1) is 0 Å². The first-order valence-corrected chi connectivity index (χ1v) is 10.3. The Bertz CT molecular complexity index is 634. The highest BCUT2D eigenvalue weighted by molar-refractivity contribution is 5.31. The Morgan fingerprint density at radius 3 is 1.90 bits per heavy atom. The lowest BCUT2D eigenvalue weighted by atomic mass is 10.2. The third kappa shape index (κ3) is 18.0. The summed E-state index contributed by atoms with van der Waals surface area (Å²) >= 11 is 0. The molecule has 0 aliphatic carbocycles. The molecule has 31 heavy (non-hydrogen) atoms. The molecule has 1 atom stereocenters. The van der Waals surface area contributed by atoms with E-state index >= 15 is 0 Å². The van der Waals surface area contributed by atoms with E-state index in [0.717, 1.165) is 38.5 Å². The first kappa shape index (κ1) is 28.5. The predicted octanol–water partition coefficient (Wildman–Crippen LogP) is 1.06. The van der Waals surface area contributed by atoms with Crippen LogP contribution in [0.1, 0.15) is 5.56 Å². The van der Waals surface area contributed by atoms with Crippen LogP contribution in [0.25, 0.3) is 0 Å². The summed E-state index contributed by atoms with van der Waals surface area (Å²) < 4.78 is 10.6. The number of para-hydroxylation sites is 2. The van der Waals surface area contributed by atoms with Crippen LogP contribution < -0.4 is 26.8 Å². The normalized spacial score (nSPS) is 13.3. The van der Waals surface area contributed by atoms with E-state index in [-0.39, 0.29) is 0 Å². The van der Waals surface area contributed by atoms with Crippen molar-refractivity contribution in [2.24, 2.45) is 11.5 Å². The zero-order valence-corrected chi connectivity index (χ0v) is 18.5. The molecule has 2 aromatic carbocycles. The number of nitrogens with two attached hydrogens (primary N) is 2. The fourth-order valence-corrected chi connectivity index (χ4v) is 2.12. The Morgan fingerprint density at radius 1 is 0.968 bits per heavy atom. The zero-order valence-electron chi connectivity index (χ0n) is 18.5. The second-order valence-electron chi connectivity index (χ2n) is 6.44. The van der Waals surface area contributed by atoms with E-state index in [4.69, 9.17) is 30.8 Å². The number of aryl methyl sites for hydroxylation is 1. The molecule has 8 nitrogen and oxygen atoms in total. The van der Waals surface area contributed by atoms with Gasteiger partial charge in [0.2, 0.25) is 0 Å². The van der Waals surface area contributed by atoms with Gasteiger partial charge in [-0.3, -0.25) is 0 Å². The number of carbonyl (C=O) groups excluding carboxylic acids is 1. The molecule has 0 saturated carbocycles. The summed E-state index contributed by atoms with van der Waals surface area (Å²) in [5.41, 5.74) is 11.7. The van der Waals surface area contributed by atoms with Gasteiger partial charge in [-0.2, -0.15) is 0 Å². The minimum absolute atomic E-state index is 0.322. The van der Waals surface area contributed by atoms with E-state index in [1.807, 2.05) is 44.0 Å². The highest BCUT2D eigenvalue weighted by Crippen LogP contribution is 2.18. The topological polar surface area (TPSA) is 135 Å². The number of benzene rings is 2. The molecule has 3 rings (SSSR count). The minimum atomic E-state index is 0.322. The fourth-order valence-electron chi connectivity index (χ4n) is 2.12. The van der Waals surface area contributed by atoms with Crippen molar-refractivity contribution >= 4 is 6.79 Å². The molecule has 174 valence electrons. The Morgan fingerprint density at radius 2 is 1.48 bits per heavy atom. The number of ether oxygens (including phenoxy) is 2. The maximum Gasteiger partial charge on any atom is 0.122 e. The van der Waals surface area contributed by atoms with Crippen LogP contribution in [0.3, 0.4) is 0 Å². The number of rotatable bonds is 10. The number of epoxide rings is 1. The van der Waals surface area contributed by atoms with Gasteiger partial charge >= 0.3 is 0 Å². The summed E-state index contributed by atoms with van der Waals surface area (Å²) in [6.07, 6.45) is 0.338. The minimum Gasteiger partial charge on any atom is -0.508 e. The first-order chi connectivity index (χ1) is 15.2. The quantitative estimate of drug-likeness (QED) is 0.277. The van der Waals surface area contributed by atoms with Gasteiger partial charge in [-0.25, -0.2) is 0 Å². The van der Waals surface area contributed by atoms with Crippen LogP contribution in [0.15, 0.2) is 54.6 Å². The smallest absolute Gasteiger partial charge is 0.122 e. The third-order valence-corrected chi connectivity index (χ3v) is 3.80. The Hall–Kier alpha value is -2.49. The molecule has 0 aromatic heterocycles. The lowest BCUT2D eigenvalue weighted by Gasteiger charge is -2.06. The lowest BCUT2D eigenvalue weighted by Crippen LogP contribution is -2.32. The molecule has 1 unspecified atom stereocenters. The number of hydrogen-bond donors (Lipinski definition) is 5. The lowest BCUT2D eigenvalue weighted by molar-refractivity contribution is -0.0979. The summed E-state index contributed by atoms with van der Waals surface area (Å²) in [7, 11) is 0. The average molecular weight is 435 g/mol. The van der Waals surface area contributed by atoms with E-state index in [2.05, 4.69) is 10.6 Å². The fraction of sp³-hybridized carbons (Fsp3) is 0.435. The van der Waals surface area contributed by atoms with Crippen molar-refractivity contribution in [2.45, 2.75) is 13.0 Å². The number of hydrogen-bond acceptors (Lipinski definition) is 8. The van der Waals surface area contributed by atoms with Gasteiger partial charge in [0.1, 0.15) is 31.0 Å². The van der Waals surface area contributed by atoms with Crippen LogP contribution >= 0.6 is 0 Å². The van der Waals surface area contributed by atoms with Crippen LogP contribution in [0.5, 0.6) is 11.5 Å². The van der Waals surface area contributed by atoms with Gasteiger partial charge < -0.3 is 41.5 Å². The van der Waals surface area contributed by atoms with E-state index in [0.29, 0.717) is 31.5 Å². The maximum atomic E-state index is 8.63. The molecule has 1 saturated heterocycles. The molecule has 0 spiro atoms. The monoisotopic (exact) mass is 434 g/mol. The van der Waals surface area contributed by atoms with Crippen molar-refractivity contribution in [1.29, 1.82) is 0 Å². The Kier molecular flexibility index (Phi) is 19.1. The molecule has 0 radical (unpaired) electrons. The van der Waals surface area contributed by atoms with Crippen LogP contribution in [0.4, 0.5) is 0 Å². The molecule has 1 heterocycles. The second kappa shape index (κ2) is 20.8. The summed E-state index contributed by atoms with van der Waals surface area (Å²) in [4.78, 5) is 8.00. The number of carbonyl (C=O) groups is 1. The van der Waals surface area contributed by atoms with Crippen molar-refractivity contribution < 1.29 is 19.4 Å². The molecule has 0 bridgehead atoms. The number of phenolic OH excluding ortho intramolecular Hbond substituents is 1. The van der Waals surface area contributed by atoms with Crippen LogP contribution in [-0.4, -0.2) is 70.5 Å². The highest BCUT2D eigenvalue weighted by Gasteiger charge is 2.23. The van der Waals surface area contributed by atoms with Gasteiger partial charge in [-0.1, -0.05) is 36.4 Å². The molecule has 1 aliphatic heterocycles. The Balaban J connectivity index is 0.000000432. The zero-order chi connectivity index (χ0) is 23.2. The maximum absolute atomic E-state index is 8.63. The van der Waals surface area contributed by atoms with Crippen molar-refractivity contribution in [3.05, 3.63) is 60.2 Å². The SMILES string of the molecule is C=O.Cc1ccccc1OCC1CO1.NCCNCCNCCN.Oc1ccccc1. The molecule has 1 aliphatic rings. The van der Waals surface area contributed by atoms with Crippen molar-refractivity contribution in [2.75, 3.05) is 52.5 Å². The molecule has 7 N–H and O–H groups in total. The largest absolute Gasteiger partial charge is 0.508 e. The summed E-state index contributed by atoms with van der Waals surface area (Å²) in [5.74, 6) is 1.29. The van der Waals surface area contributed by atoms with E-state index < -0.39 is 0 Å². The van der Waals surface area contributed by atoms with Gasteiger partial charge in [-0.05, 0) is 30.7 Å². The standard InChI is InChI=1S/C10H12O2.C6H18N4.C6H6O.CH2O/c1-8-4-2-3-5-10(8)12-7-9-6-11-9;7-1-3-9-5-6-10-4-2-8;7-6-4-2-1-3-5-6;1-2/h2-5,9H,6-7H2,1H3;9-10H,1-8H2;1-5,7H;1H2. The molecular formula is C23H38N4O4. The van der Waals surface area contributed by atoms with Crippen LogP contribution in [0, 0.1) is 6.92 Å². The first-order valence-electron chi connectivity index (χ1n) is 10.3. The van der Waals surface area contributed by atoms with Crippen LogP contribution in [0.2, 0.25) is 0 Å². The van der Waals surface area contributed by atoms with Crippen molar-refractivity contribution in [3.8, 4) is 11.5 Å². The van der Waals surface area contributed by atoms with Crippen molar-refractivity contribution in [1.82, 2.24) is 10.6 Å². The van der Waals surface area contributed by atoms with Gasteiger partial charge in [0.15, 0.2) is 0 Å². The molecule has 2 aromatic rings. The van der Waals surface area contributed by atoms with E-state index in [1.165, 1.54) is 5.56 Å². The number of aromatic hydroxyl groups is 1. The molecule has 1 fully saturated rings. The Labute approximate surface area is 185 Å².